The Bertz CT molecular complexity index is 852. The second-order valence-corrected chi connectivity index (χ2v) is 6.34. The number of carbonyl (C=O) groups excluding carboxylic acids is 1. The maximum absolute atomic E-state index is 12.9. The molecule has 0 radical (unpaired) electrons. The molecule has 1 atom stereocenters. The van der Waals surface area contributed by atoms with E-state index in [-0.39, 0.29) is 5.91 Å². The highest BCUT2D eigenvalue weighted by Gasteiger charge is 2.26. The molecule has 0 N–H and O–H groups in total. The van der Waals surface area contributed by atoms with Crippen LogP contribution in [0.1, 0.15) is 35.1 Å². The molecule has 0 saturated carbocycles. The van der Waals surface area contributed by atoms with Gasteiger partial charge in [0.1, 0.15) is 18.5 Å². The van der Waals surface area contributed by atoms with E-state index in [1.165, 1.54) is 0 Å². The average Bonchev–Trinajstić information content (AvgIpc) is 3.33. The molecule has 7 heteroatoms. The van der Waals surface area contributed by atoms with Crippen molar-refractivity contribution in [1.82, 2.24) is 29.2 Å². The van der Waals surface area contributed by atoms with Crippen molar-refractivity contribution in [3.05, 3.63) is 60.7 Å². The summed E-state index contributed by atoms with van der Waals surface area (Å²) in [7, 11) is 0. The highest BCUT2D eigenvalue weighted by Crippen LogP contribution is 2.24. The lowest BCUT2D eigenvalue weighted by atomic mass is 10.0. The minimum absolute atomic E-state index is 0.0813. The number of hydrogen-bond donors (Lipinski definition) is 0. The number of amides is 1. The quantitative estimate of drug-likeness (QED) is 0.736. The molecule has 1 fully saturated rings. The predicted octanol–water partition coefficient (Wildman–Crippen LogP) is 2.25. The summed E-state index contributed by atoms with van der Waals surface area (Å²) in [6.07, 6.45) is 9.18. The van der Waals surface area contributed by atoms with Crippen LogP contribution in [0.25, 0.3) is 5.69 Å². The third-order valence-electron chi connectivity index (χ3n) is 4.77. The summed E-state index contributed by atoms with van der Waals surface area (Å²) in [4.78, 5) is 19.1. The van der Waals surface area contributed by atoms with E-state index in [1.807, 2.05) is 53.0 Å². The van der Waals surface area contributed by atoms with Gasteiger partial charge >= 0.3 is 0 Å². The van der Waals surface area contributed by atoms with Crippen LogP contribution in [-0.4, -0.2) is 48.2 Å². The molecule has 1 saturated heterocycles. The minimum atomic E-state index is 0.0813. The number of carbonyl (C=O) groups is 1. The van der Waals surface area contributed by atoms with E-state index < -0.39 is 0 Å². The molecule has 0 spiro atoms. The fraction of sp³-hybridized carbons (Fsp3) is 0.333. The Labute approximate surface area is 145 Å². The SMILES string of the molecule is Cc1nccn1[C@H]1CCCN(C(=O)c2ccc(-n3cnnc3)cc2)C1. The number of nitrogens with zero attached hydrogens (tertiary/aromatic N) is 6. The Balaban J connectivity index is 1.49. The van der Waals surface area contributed by atoms with E-state index in [9.17, 15) is 4.79 Å². The van der Waals surface area contributed by atoms with E-state index >= 15 is 0 Å². The Morgan fingerprint density at radius 2 is 1.92 bits per heavy atom. The van der Waals surface area contributed by atoms with Gasteiger partial charge in [0.05, 0.1) is 6.04 Å². The molecule has 3 aromatic rings. The number of piperidine rings is 1. The molecule has 25 heavy (non-hydrogen) atoms. The zero-order valence-electron chi connectivity index (χ0n) is 14.1. The fourth-order valence-corrected chi connectivity index (χ4v) is 3.43. The van der Waals surface area contributed by atoms with Gasteiger partial charge in [-0.25, -0.2) is 4.98 Å². The average molecular weight is 336 g/mol. The second kappa shape index (κ2) is 6.51. The largest absolute Gasteiger partial charge is 0.337 e. The summed E-state index contributed by atoms with van der Waals surface area (Å²) in [5.74, 6) is 1.08. The van der Waals surface area contributed by atoms with E-state index in [4.69, 9.17) is 0 Å². The maximum atomic E-state index is 12.9. The first-order valence-electron chi connectivity index (χ1n) is 8.46. The van der Waals surface area contributed by atoms with E-state index in [0.29, 0.717) is 11.6 Å². The van der Waals surface area contributed by atoms with Crippen LogP contribution in [0.15, 0.2) is 49.3 Å². The van der Waals surface area contributed by atoms with Crippen molar-refractivity contribution in [2.75, 3.05) is 13.1 Å². The number of benzene rings is 1. The van der Waals surface area contributed by atoms with Crippen LogP contribution in [0.3, 0.4) is 0 Å². The number of aryl methyl sites for hydroxylation is 1. The van der Waals surface area contributed by atoms with Crippen LogP contribution in [0.2, 0.25) is 0 Å². The molecule has 1 amide bonds. The molecule has 7 nitrogen and oxygen atoms in total. The lowest BCUT2D eigenvalue weighted by molar-refractivity contribution is 0.0678. The molecular formula is C18H20N6O. The van der Waals surface area contributed by atoms with Crippen molar-refractivity contribution in [3.63, 3.8) is 0 Å². The van der Waals surface area contributed by atoms with Crippen LogP contribution < -0.4 is 0 Å². The van der Waals surface area contributed by atoms with Crippen molar-refractivity contribution in [2.45, 2.75) is 25.8 Å². The number of likely N-dealkylation sites (tertiary alicyclic amines) is 1. The number of imidazole rings is 1. The van der Waals surface area contributed by atoms with E-state index in [0.717, 1.165) is 37.4 Å². The molecule has 2 aromatic heterocycles. The molecule has 0 unspecified atom stereocenters. The normalized spacial score (nSPS) is 17.6. The third-order valence-corrected chi connectivity index (χ3v) is 4.77. The van der Waals surface area contributed by atoms with Crippen molar-refractivity contribution >= 4 is 5.91 Å². The van der Waals surface area contributed by atoms with Gasteiger partial charge in [-0.2, -0.15) is 0 Å². The standard InChI is InChI=1S/C18H20N6O/c1-14-19-8-10-24(14)17-3-2-9-22(11-17)18(25)15-4-6-16(7-5-15)23-12-20-21-13-23/h4-8,10,12-13,17H,2-3,9,11H2,1H3/t17-/m0/s1. The van der Waals surface area contributed by atoms with Gasteiger partial charge in [0.25, 0.3) is 5.91 Å². The lowest BCUT2D eigenvalue weighted by Crippen LogP contribution is -2.40. The summed E-state index contributed by atoms with van der Waals surface area (Å²) in [5.41, 5.74) is 1.65. The minimum Gasteiger partial charge on any atom is -0.337 e. The molecule has 1 aromatic carbocycles. The summed E-state index contributed by atoms with van der Waals surface area (Å²) in [6, 6.07) is 7.86. The van der Waals surface area contributed by atoms with Crippen LogP contribution in [0, 0.1) is 6.92 Å². The molecular weight excluding hydrogens is 316 g/mol. The monoisotopic (exact) mass is 336 g/mol. The van der Waals surface area contributed by atoms with Crippen molar-refractivity contribution in [2.24, 2.45) is 0 Å². The topological polar surface area (TPSA) is 68.8 Å². The molecule has 0 aliphatic carbocycles. The third kappa shape index (κ3) is 3.05. The summed E-state index contributed by atoms with van der Waals surface area (Å²) in [5, 5.41) is 7.60. The van der Waals surface area contributed by atoms with Gasteiger partial charge in [0, 0.05) is 36.7 Å². The van der Waals surface area contributed by atoms with Crippen LogP contribution >= 0.6 is 0 Å². The van der Waals surface area contributed by atoms with Crippen molar-refractivity contribution < 1.29 is 4.79 Å². The summed E-state index contributed by atoms with van der Waals surface area (Å²) < 4.78 is 3.99. The van der Waals surface area contributed by atoms with E-state index in [2.05, 4.69) is 19.7 Å². The first-order chi connectivity index (χ1) is 12.2. The van der Waals surface area contributed by atoms with Crippen LogP contribution in [0.5, 0.6) is 0 Å². The highest BCUT2D eigenvalue weighted by atomic mass is 16.2. The van der Waals surface area contributed by atoms with Gasteiger partial charge in [0.2, 0.25) is 0 Å². The number of rotatable bonds is 3. The number of aromatic nitrogens is 5. The zero-order chi connectivity index (χ0) is 17.2. The molecule has 0 bridgehead atoms. The molecule has 128 valence electrons. The van der Waals surface area contributed by atoms with Crippen molar-refractivity contribution in [3.8, 4) is 5.69 Å². The Morgan fingerprint density at radius 1 is 1.16 bits per heavy atom. The molecule has 3 heterocycles. The van der Waals surface area contributed by atoms with Crippen LogP contribution in [0.4, 0.5) is 0 Å². The fourth-order valence-electron chi connectivity index (χ4n) is 3.43. The zero-order valence-corrected chi connectivity index (χ0v) is 14.1. The van der Waals surface area contributed by atoms with Gasteiger partial charge in [-0.1, -0.05) is 0 Å². The van der Waals surface area contributed by atoms with E-state index in [1.54, 1.807) is 12.7 Å². The van der Waals surface area contributed by atoms with Crippen molar-refractivity contribution in [1.29, 1.82) is 0 Å². The Morgan fingerprint density at radius 3 is 2.60 bits per heavy atom. The first-order valence-corrected chi connectivity index (χ1v) is 8.46. The maximum Gasteiger partial charge on any atom is 0.253 e. The summed E-state index contributed by atoms with van der Waals surface area (Å²) in [6.45, 7) is 3.53. The highest BCUT2D eigenvalue weighted by molar-refractivity contribution is 5.94. The first kappa shape index (κ1) is 15.6. The summed E-state index contributed by atoms with van der Waals surface area (Å²) >= 11 is 0. The lowest BCUT2D eigenvalue weighted by Gasteiger charge is -2.34. The van der Waals surface area contributed by atoms with Gasteiger partial charge in [-0.05, 0) is 44.0 Å². The molecule has 1 aliphatic rings. The molecule has 1 aliphatic heterocycles. The molecule has 4 rings (SSSR count). The van der Waals surface area contributed by atoms with Gasteiger partial charge in [-0.3, -0.25) is 9.36 Å². The van der Waals surface area contributed by atoms with Gasteiger partial charge < -0.3 is 9.47 Å². The predicted molar refractivity (Wildman–Crippen MR) is 92.5 cm³/mol. The Hall–Kier alpha value is -2.96. The smallest absolute Gasteiger partial charge is 0.253 e. The van der Waals surface area contributed by atoms with Gasteiger partial charge in [-0.15, -0.1) is 10.2 Å². The second-order valence-electron chi connectivity index (χ2n) is 6.34. The van der Waals surface area contributed by atoms with Crippen LogP contribution in [-0.2, 0) is 0 Å². The van der Waals surface area contributed by atoms with Gasteiger partial charge in [0.15, 0.2) is 0 Å². The number of hydrogen-bond acceptors (Lipinski definition) is 4. The Kier molecular flexibility index (Phi) is 4.05.